The van der Waals surface area contributed by atoms with Crippen molar-refractivity contribution in [2.45, 2.75) is 65.5 Å². The molecule has 4 nitrogen and oxygen atoms in total. The van der Waals surface area contributed by atoms with Crippen LogP contribution in [0.25, 0.3) is 0 Å². The van der Waals surface area contributed by atoms with Crippen molar-refractivity contribution < 1.29 is 9.59 Å². The quantitative estimate of drug-likeness (QED) is 0.493. The molecule has 0 aliphatic rings. The first-order valence-electron chi connectivity index (χ1n) is 10.8. The van der Waals surface area contributed by atoms with Crippen LogP contribution >= 0.6 is 11.6 Å². The Morgan fingerprint density at radius 2 is 1.77 bits per heavy atom. The maximum absolute atomic E-state index is 13.2. The fourth-order valence-corrected chi connectivity index (χ4v) is 3.58. The average Bonchev–Trinajstić information content (AvgIpc) is 2.74. The number of nitrogens with one attached hydrogen (secondary N) is 1. The molecule has 1 N–H and O–H groups in total. The lowest BCUT2D eigenvalue weighted by atomic mass is 10.0. The minimum absolute atomic E-state index is 0.0343. The zero-order valence-corrected chi connectivity index (χ0v) is 19.0. The van der Waals surface area contributed by atoms with Crippen molar-refractivity contribution in [2.75, 3.05) is 6.54 Å². The number of halogens is 1. The molecule has 0 saturated carbocycles. The van der Waals surface area contributed by atoms with Crippen molar-refractivity contribution in [3.05, 3.63) is 70.2 Å². The Hall–Kier alpha value is -2.33. The molecule has 0 fully saturated rings. The van der Waals surface area contributed by atoms with Crippen LogP contribution in [0.4, 0.5) is 0 Å². The maximum Gasteiger partial charge on any atom is 0.242 e. The van der Waals surface area contributed by atoms with Gasteiger partial charge in [0.25, 0.3) is 0 Å². The third-order valence-electron chi connectivity index (χ3n) is 5.26. The number of hydrogen-bond acceptors (Lipinski definition) is 2. The first kappa shape index (κ1) is 23.9. The van der Waals surface area contributed by atoms with Crippen LogP contribution in [0.1, 0.15) is 56.2 Å². The topological polar surface area (TPSA) is 49.4 Å². The van der Waals surface area contributed by atoms with Crippen LogP contribution in [-0.2, 0) is 22.6 Å². The van der Waals surface area contributed by atoms with Gasteiger partial charge in [0.1, 0.15) is 6.04 Å². The molecule has 2 amide bonds. The highest BCUT2D eigenvalue weighted by molar-refractivity contribution is 6.31. The zero-order chi connectivity index (χ0) is 21.9. The van der Waals surface area contributed by atoms with Gasteiger partial charge >= 0.3 is 0 Å². The Bertz CT molecular complexity index is 820. The van der Waals surface area contributed by atoms with Crippen molar-refractivity contribution in [3.8, 4) is 0 Å². The van der Waals surface area contributed by atoms with E-state index in [0.717, 1.165) is 24.0 Å². The minimum Gasteiger partial charge on any atom is -0.354 e. The van der Waals surface area contributed by atoms with Gasteiger partial charge in [0, 0.05) is 24.5 Å². The van der Waals surface area contributed by atoms with E-state index in [4.69, 9.17) is 11.6 Å². The van der Waals surface area contributed by atoms with E-state index in [9.17, 15) is 9.59 Å². The zero-order valence-electron chi connectivity index (χ0n) is 18.3. The second-order valence-corrected chi connectivity index (χ2v) is 8.07. The van der Waals surface area contributed by atoms with E-state index in [-0.39, 0.29) is 11.8 Å². The van der Waals surface area contributed by atoms with E-state index in [1.54, 1.807) is 4.90 Å². The van der Waals surface area contributed by atoms with Crippen molar-refractivity contribution in [1.29, 1.82) is 0 Å². The highest BCUT2D eigenvalue weighted by Gasteiger charge is 2.28. The Morgan fingerprint density at radius 1 is 1.07 bits per heavy atom. The number of benzene rings is 2. The largest absolute Gasteiger partial charge is 0.354 e. The molecule has 0 bridgehead atoms. The highest BCUT2D eigenvalue weighted by Crippen LogP contribution is 2.21. The SMILES string of the molecule is CCCCNC(=O)C(CC)N(Cc1ccccc1Cl)C(=O)CCc1ccc(C)cc1. The Kier molecular flexibility index (Phi) is 9.88. The van der Waals surface area contributed by atoms with Gasteiger partial charge in [0.15, 0.2) is 0 Å². The predicted molar refractivity (Wildman–Crippen MR) is 123 cm³/mol. The van der Waals surface area contributed by atoms with E-state index < -0.39 is 6.04 Å². The fourth-order valence-electron chi connectivity index (χ4n) is 3.39. The van der Waals surface area contributed by atoms with Gasteiger partial charge in [-0.15, -0.1) is 0 Å². The van der Waals surface area contributed by atoms with Gasteiger partial charge in [0.2, 0.25) is 11.8 Å². The Balaban J connectivity index is 2.17. The fraction of sp³-hybridized carbons (Fsp3) is 0.440. The van der Waals surface area contributed by atoms with Crippen molar-refractivity contribution in [2.24, 2.45) is 0 Å². The number of unbranched alkanes of at least 4 members (excludes halogenated alkanes) is 1. The van der Waals surface area contributed by atoms with Crippen molar-refractivity contribution in [3.63, 3.8) is 0 Å². The molecule has 0 heterocycles. The Morgan fingerprint density at radius 3 is 2.40 bits per heavy atom. The summed E-state index contributed by atoms with van der Waals surface area (Å²) in [6.45, 7) is 7.03. The lowest BCUT2D eigenvalue weighted by molar-refractivity contribution is -0.141. The molecular formula is C25H33ClN2O2. The minimum atomic E-state index is -0.511. The number of nitrogens with zero attached hydrogens (tertiary/aromatic N) is 1. The molecule has 1 unspecified atom stereocenters. The van der Waals surface area contributed by atoms with E-state index in [1.807, 2.05) is 38.1 Å². The lowest BCUT2D eigenvalue weighted by Crippen LogP contribution is -2.49. The van der Waals surface area contributed by atoms with Gasteiger partial charge < -0.3 is 10.2 Å². The van der Waals surface area contributed by atoms with Gasteiger partial charge in [0.05, 0.1) is 0 Å². The summed E-state index contributed by atoms with van der Waals surface area (Å²) in [5.74, 6) is -0.130. The van der Waals surface area contributed by atoms with Crippen LogP contribution in [0.3, 0.4) is 0 Å². The summed E-state index contributed by atoms with van der Waals surface area (Å²) >= 11 is 6.35. The summed E-state index contributed by atoms with van der Waals surface area (Å²) < 4.78 is 0. The van der Waals surface area contributed by atoms with Gasteiger partial charge in [-0.3, -0.25) is 9.59 Å². The second kappa shape index (κ2) is 12.4. The van der Waals surface area contributed by atoms with Crippen molar-refractivity contribution >= 4 is 23.4 Å². The first-order valence-corrected chi connectivity index (χ1v) is 11.2. The van der Waals surface area contributed by atoms with E-state index in [1.165, 1.54) is 5.56 Å². The molecule has 0 aromatic heterocycles. The number of aryl methyl sites for hydroxylation is 2. The number of amides is 2. The standard InChI is InChI=1S/C25H33ClN2O2/c1-4-6-17-27-25(30)23(5-2)28(18-21-9-7-8-10-22(21)26)24(29)16-15-20-13-11-19(3)12-14-20/h7-14,23H,4-6,15-18H2,1-3H3,(H,27,30). The number of carbonyl (C=O) groups is 2. The molecule has 0 aliphatic heterocycles. The van der Waals surface area contributed by atoms with Gasteiger partial charge in [-0.2, -0.15) is 0 Å². The molecule has 0 saturated heterocycles. The Labute approximate surface area is 185 Å². The molecule has 2 aromatic rings. The summed E-state index contributed by atoms with van der Waals surface area (Å²) in [5.41, 5.74) is 3.16. The van der Waals surface area contributed by atoms with Crippen LogP contribution < -0.4 is 5.32 Å². The van der Waals surface area contributed by atoms with E-state index in [2.05, 4.69) is 36.5 Å². The van der Waals surface area contributed by atoms with E-state index in [0.29, 0.717) is 37.4 Å². The molecule has 1 atom stereocenters. The van der Waals surface area contributed by atoms with Crippen LogP contribution in [0.15, 0.2) is 48.5 Å². The third-order valence-corrected chi connectivity index (χ3v) is 5.63. The normalized spacial score (nSPS) is 11.7. The molecular weight excluding hydrogens is 396 g/mol. The van der Waals surface area contributed by atoms with Gasteiger partial charge in [-0.1, -0.05) is 79.9 Å². The smallest absolute Gasteiger partial charge is 0.242 e. The van der Waals surface area contributed by atoms with Crippen LogP contribution in [0.2, 0.25) is 5.02 Å². The average molecular weight is 429 g/mol. The molecule has 0 radical (unpaired) electrons. The van der Waals surface area contributed by atoms with Crippen molar-refractivity contribution in [1.82, 2.24) is 10.2 Å². The molecule has 2 aromatic carbocycles. The lowest BCUT2D eigenvalue weighted by Gasteiger charge is -2.31. The first-order chi connectivity index (χ1) is 14.5. The molecule has 5 heteroatoms. The number of carbonyl (C=O) groups excluding carboxylic acids is 2. The van der Waals surface area contributed by atoms with Gasteiger partial charge in [-0.25, -0.2) is 0 Å². The molecule has 30 heavy (non-hydrogen) atoms. The van der Waals surface area contributed by atoms with Crippen LogP contribution in [-0.4, -0.2) is 29.3 Å². The monoisotopic (exact) mass is 428 g/mol. The van der Waals surface area contributed by atoms with Crippen LogP contribution in [0, 0.1) is 6.92 Å². The van der Waals surface area contributed by atoms with Crippen LogP contribution in [0.5, 0.6) is 0 Å². The summed E-state index contributed by atoms with van der Waals surface area (Å²) in [6, 6.07) is 15.2. The van der Waals surface area contributed by atoms with E-state index >= 15 is 0 Å². The summed E-state index contributed by atoms with van der Waals surface area (Å²) in [4.78, 5) is 27.8. The number of rotatable bonds is 11. The predicted octanol–water partition coefficient (Wildman–Crippen LogP) is 5.30. The number of hydrogen-bond donors (Lipinski definition) is 1. The third kappa shape index (κ3) is 7.17. The summed E-state index contributed by atoms with van der Waals surface area (Å²) in [7, 11) is 0. The highest BCUT2D eigenvalue weighted by atomic mass is 35.5. The molecule has 2 rings (SSSR count). The molecule has 162 valence electrons. The van der Waals surface area contributed by atoms with Gasteiger partial charge in [-0.05, 0) is 43.4 Å². The summed E-state index contributed by atoms with van der Waals surface area (Å²) in [5, 5.41) is 3.59. The second-order valence-electron chi connectivity index (χ2n) is 7.67. The maximum atomic E-state index is 13.2. The summed E-state index contributed by atoms with van der Waals surface area (Å²) in [6.07, 6.45) is 3.49. The molecule has 0 aliphatic carbocycles. The molecule has 0 spiro atoms.